The van der Waals surface area contributed by atoms with Crippen LogP contribution in [-0.2, 0) is 0 Å². The maximum Gasteiger partial charge on any atom is 0.128 e. The monoisotopic (exact) mass is 224 g/mol. The Morgan fingerprint density at radius 3 is 2.87 bits per heavy atom. The van der Waals surface area contributed by atoms with E-state index in [1.54, 1.807) is 13.1 Å². The Morgan fingerprint density at radius 2 is 2.20 bits per heavy atom. The minimum atomic E-state index is -0.411. The second kappa shape index (κ2) is 4.86. The summed E-state index contributed by atoms with van der Waals surface area (Å²) in [6.07, 6.45) is 1.37. The number of thioether (sulfide) groups is 1. The van der Waals surface area contributed by atoms with Crippen LogP contribution in [0.3, 0.4) is 0 Å². The number of aromatic nitrogens is 1. The zero-order valence-corrected chi connectivity index (χ0v) is 9.70. The number of nitrogens with zero attached hydrogens (tertiary/aromatic N) is 2. The number of aliphatic hydroxyl groups is 1. The summed E-state index contributed by atoms with van der Waals surface area (Å²) in [7, 11) is 0. The molecule has 1 atom stereocenters. The highest BCUT2D eigenvalue weighted by atomic mass is 32.2. The molecule has 0 radical (unpaired) electrons. The van der Waals surface area contributed by atoms with Crippen molar-refractivity contribution in [3.05, 3.63) is 23.9 Å². The Labute approximate surface area is 94.5 Å². The minimum absolute atomic E-state index is 0.411. The lowest BCUT2D eigenvalue weighted by molar-refractivity contribution is 0.199. The second-order valence-electron chi connectivity index (χ2n) is 3.72. The van der Waals surface area contributed by atoms with E-state index in [1.165, 1.54) is 11.5 Å². The predicted octanol–water partition coefficient (Wildman–Crippen LogP) is 1.69. The molecule has 15 heavy (non-hydrogen) atoms. The number of rotatable bonds is 2. The molecule has 4 heteroatoms. The average Bonchev–Trinajstić information content (AvgIpc) is 2.30. The van der Waals surface area contributed by atoms with Crippen LogP contribution in [0.15, 0.2) is 18.3 Å². The van der Waals surface area contributed by atoms with E-state index in [9.17, 15) is 5.11 Å². The summed E-state index contributed by atoms with van der Waals surface area (Å²) in [5.74, 6) is 3.33. The first-order valence-electron chi connectivity index (χ1n) is 5.24. The number of anilines is 1. The van der Waals surface area contributed by atoms with Crippen LogP contribution in [0, 0.1) is 0 Å². The highest BCUT2D eigenvalue weighted by Gasteiger charge is 2.13. The molecule has 1 fully saturated rings. The van der Waals surface area contributed by atoms with Gasteiger partial charge >= 0.3 is 0 Å². The molecule has 82 valence electrons. The molecule has 0 saturated carbocycles. The van der Waals surface area contributed by atoms with Crippen molar-refractivity contribution in [2.24, 2.45) is 0 Å². The van der Waals surface area contributed by atoms with Crippen molar-refractivity contribution in [1.82, 2.24) is 4.98 Å². The van der Waals surface area contributed by atoms with Crippen molar-refractivity contribution >= 4 is 17.6 Å². The molecule has 1 saturated heterocycles. The molecule has 0 amide bonds. The summed E-state index contributed by atoms with van der Waals surface area (Å²) >= 11 is 1.98. The average molecular weight is 224 g/mol. The van der Waals surface area contributed by atoms with Gasteiger partial charge in [0.05, 0.1) is 6.10 Å². The molecular formula is C11H16N2OS. The van der Waals surface area contributed by atoms with Gasteiger partial charge in [0.15, 0.2) is 0 Å². The summed E-state index contributed by atoms with van der Waals surface area (Å²) < 4.78 is 0. The largest absolute Gasteiger partial charge is 0.389 e. The lowest BCUT2D eigenvalue weighted by Gasteiger charge is -2.27. The fraction of sp³-hybridized carbons (Fsp3) is 0.545. The Morgan fingerprint density at radius 1 is 1.47 bits per heavy atom. The van der Waals surface area contributed by atoms with E-state index in [0.717, 1.165) is 24.5 Å². The lowest BCUT2D eigenvalue weighted by atomic mass is 10.1. The SMILES string of the molecule is C[C@@H](O)c1ccnc(N2CCSCC2)c1. The van der Waals surface area contributed by atoms with E-state index >= 15 is 0 Å². The molecule has 1 aliphatic heterocycles. The molecule has 1 aliphatic rings. The van der Waals surface area contributed by atoms with Gasteiger partial charge in [0.25, 0.3) is 0 Å². The third-order valence-corrected chi connectivity index (χ3v) is 3.53. The van der Waals surface area contributed by atoms with Crippen LogP contribution in [0.2, 0.25) is 0 Å². The van der Waals surface area contributed by atoms with Crippen LogP contribution in [0.5, 0.6) is 0 Å². The van der Waals surface area contributed by atoms with Crippen molar-refractivity contribution in [3.63, 3.8) is 0 Å². The lowest BCUT2D eigenvalue weighted by Crippen LogP contribution is -2.33. The Bertz CT molecular complexity index is 324. The van der Waals surface area contributed by atoms with Crippen LogP contribution in [0.4, 0.5) is 5.82 Å². The van der Waals surface area contributed by atoms with Crippen LogP contribution in [0.1, 0.15) is 18.6 Å². The Hall–Kier alpha value is -0.740. The van der Waals surface area contributed by atoms with E-state index in [2.05, 4.69) is 9.88 Å². The van der Waals surface area contributed by atoms with Crippen molar-refractivity contribution in [2.75, 3.05) is 29.5 Å². The van der Waals surface area contributed by atoms with Gasteiger partial charge < -0.3 is 10.0 Å². The van der Waals surface area contributed by atoms with E-state index in [0.29, 0.717) is 0 Å². The molecule has 1 aromatic heterocycles. The van der Waals surface area contributed by atoms with Gasteiger partial charge in [0, 0.05) is 30.8 Å². The van der Waals surface area contributed by atoms with E-state index in [1.807, 2.05) is 23.9 Å². The summed E-state index contributed by atoms with van der Waals surface area (Å²) in [6.45, 7) is 3.90. The van der Waals surface area contributed by atoms with Gasteiger partial charge in [-0.05, 0) is 24.6 Å². The maximum absolute atomic E-state index is 9.50. The van der Waals surface area contributed by atoms with Crippen LogP contribution in [-0.4, -0.2) is 34.7 Å². The van der Waals surface area contributed by atoms with Crippen molar-refractivity contribution in [2.45, 2.75) is 13.0 Å². The quantitative estimate of drug-likeness (QED) is 0.829. The van der Waals surface area contributed by atoms with E-state index in [4.69, 9.17) is 0 Å². The van der Waals surface area contributed by atoms with Gasteiger partial charge in [-0.2, -0.15) is 11.8 Å². The van der Waals surface area contributed by atoms with Gasteiger partial charge in [-0.15, -0.1) is 0 Å². The maximum atomic E-state index is 9.50. The number of hydrogen-bond donors (Lipinski definition) is 1. The first-order valence-corrected chi connectivity index (χ1v) is 6.39. The second-order valence-corrected chi connectivity index (χ2v) is 4.95. The summed E-state index contributed by atoms with van der Waals surface area (Å²) in [4.78, 5) is 6.63. The highest BCUT2D eigenvalue weighted by molar-refractivity contribution is 7.99. The zero-order valence-electron chi connectivity index (χ0n) is 8.89. The topological polar surface area (TPSA) is 36.4 Å². The number of aliphatic hydroxyl groups excluding tert-OH is 1. The molecule has 3 nitrogen and oxygen atoms in total. The van der Waals surface area contributed by atoms with Gasteiger partial charge in [-0.1, -0.05) is 0 Å². The summed E-state index contributed by atoms with van der Waals surface area (Å²) in [5, 5.41) is 9.50. The van der Waals surface area contributed by atoms with Gasteiger partial charge in [0.1, 0.15) is 5.82 Å². The van der Waals surface area contributed by atoms with Crippen LogP contribution in [0.25, 0.3) is 0 Å². The normalized spacial score (nSPS) is 18.9. The molecule has 0 bridgehead atoms. The standard InChI is InChI=1S/C11H16N2OS/c1-9(14)10-2-3-12-11(8-10)13-4-6-15-7-5-13/h2-3,8-9,14H,4-7H2,1H3/t9-/m1/s1. The van der Waals surface area contributed by atoms with Crippen LogP contribution >= 0.6 is 11.8 Å². The number of pyridine rings is 1. The molecule has 2 rings (SSSR count). The molecule has 0 unspecified atom stereocenters. The Balaban J connectivity index is 2.16. The molecular weight excluding hydrogens is 208 g/mol. The minimum Gasteiger partial charge on any atom is -0.389 e. The van der Waals surface area contributed by atoms with Crippen molar-refractivity contribution in [3.8, 4) is 0 Å². The molecule has 2 heterocycles. The van der Waals surface area contributed by atoms with Crippen molar-refractivity contribution in [1.29, 1.82) is 0 Å². The molecule has 0 aromatic carbocycles. The fourth-order valence-corrected chi connectivity index (χ4v) is 2.56. The van der Waals surface area contributed by atoms with Crippen molar-refractivity contribution < 1.29 is 5.11 Å². The summed E-state index contributed by atoms with van der Waals surface area (Å²) in [5.41, 5.74) is 0.943. The third kappa shape index (κ3) is 2.63. The van der Waals surface area contributed by atoms with Gasteiger partial charge in [-0.25, -0.2) is 4.98 Å². The predicted molar refractivity (Wildman–Crippen MR) is 64.4 cm³/mol. The van der Waals surface area contributed by atoms with E-state index < -0.39 is 6.10 Å². The third-order valence-electron chi connectivity index (χ3n) is 2.59. The van der Waals surface area contributed by atoms with Crippen LogP contribution < -0.4 is 4.90 Å². The first-order chi connectivity index (χ1) is 7.27. The Kier molecular flexibility index (Phi) is 3.49. The van der Waals surface area contributed by atoms with Gasteiger partial charge in [0.2, 0.25) is 0 Å². The molecule has 0 spiro atoms. The fourth-order valence-electron chi connectivity index (χ4n) is 1.66. The zero-order chi connectivity index (χ0) is 10.7. The molecule has 1 N–H and O–H groups in total. The molecule has 0 aliphatic carbocycles. The number of hydrogen-bond acceptors (Lipinski definition) is 4. The first kappa shape index (κ1) is 10.8. The van der Waals surface area contributed by atoms with E-state index in [-0.39, 0.29) is 0 Å². The van der Waals surface area contributed by atoms with Gasteiger partial charge in [-0.3, -0.25) is 0 Å². The highest BCUT2D eigenvalue weighted by Crippen LogP contribution is 2.20. The summed E-state index contributed by atoms with van der Waals surface area (Å²) in [6, 6.07) is 3.85. The smallest absolute Gasteiger partial charge is 0.128 e. The molecule has 1 aromatic rings.